The molecule has 2 heterocycles. The molecule has 1 N–H and O–H groups in total. The summed E-state index contributed by atoms with van der Waals surface area (Å²) in [6, 6.07) is 13.2. The molecule has 1 aromatic heterocycles. The van der Waals surface area contributed by atoms with Gasteiger partial charge in [-0.15, -0.1) is 5.10 Å². The average molecular weight is 442 g/mol. The Kier molecular flexibility index (Phi) is 6.01. The van der Waals surface area contributed by atoms with Crippen LogP contribution in [0.1, 0.15) is 34.7 Å². The highest BCUT2D eigenvalue weighted by Crippen LogP contribution is 2.21. The third-order valence-electron chi connectivity index (χ3n) is 5.02. The molecule has 1 saturated heterocycles. The van der Waals surface area contributed by atoms with Crippen LogP contribution in [0, 0.1) is 0 Å². The zero-order valence-corrected chi connectivity index (χ0v) is 17.8. The Morgan fingerprint density at radius 2 is 1.74 bits per heavy atom. The van der Waals surface area contributed by atoms with Crippen molar-refractivity contribution in [2.75, 3.05) is 25.5 Å². The number of benzene rings is 2. The van der Waals surface area contributed by atoms with Gasteiger partial charge in [0.1, 0.15) is 5.75 Å². The summed E-state index contributed by atoms with van der Waals surface area (Å²) in [6.45, 7) is 1.06. The van der Waals surface area contributed by atoms with E-state index < -0.39 is 15.9 Å². The molecule has 1 amide bonds. The maximum absolute atomic E-state index is 12.6. The number of hydrogen-bond acceptors (Lipinski definition) is 7. The fourth-order valence-electron chi connectivity index (χ4n) is 3.32. The zero-order valence-electron chi connectivity index (χ0n) is 16.9. The van der Waals surface area contributed by atoms with E-state index in [2.05, 4.69) is 15.5 Å². The van der Waals surface area contributed by atoms with E-state index in [1.165, 1.54) is 28.6 Å². The van der Waals surface area contributed by atoms with Crippen molar-refractivity contribution in [3.63, 3.8) is 0 Å². The lowest BCUT2D eigenvalue weighted by molar-refractivity contribution is 0.102. The Bertz CT molecular complexity index is 1150. The van der Waals surface area contributed by atoms with Crippen molar-refractivity contribution in [3.05, 3.63) is 65.5 Å². The minimum absolute atomic E-state index is 0.0257. The highest BCUT2D eigenvalue weighted by Gasteiger charge is 2.27. The zero-order chi connectivity index (χ0) is 21.8. The molecule has 3 aromatic rings. The highest BCUT2D eigenvalue weighted by atomic mass is 32.2. The number of rotatable bonds is 7. The lowest BCUT2D eigenvalue weighted by Crippen LogP contribution is -2.27. The van der Waals surface area contributed by atoms with Crippen LogP contribution in [0.3, 0.4) is 0 Å². The largest absolute Gasteiger partial charge is 0.497 e. The van der Waals surface area contributed by atoms with Crippen LogP contribution in [0.5, 0.6) is 5.75 Å². The van der Waals surface area contributed by atoms with Crippen molar-refractivity contribution < 1.29 is 22.4 Å². The van der Waals surface area contributed by atoms with Gasteiger partial charge in [-0.3, -0.25) is 10.1 Å². The van der Waals surface area contributed by atoms with Gasteiger partial charge < -0.3 is 9.15 Å². The normalized spacial score (nSPS) is 14.5. The first-order valence-electron chi connectivity index (χ1n) is 9.82. The minimum atomic E-state index is -3.52. The Hall–Kier alpha value is -3.24. The highest BCUT2D eigenvalue weighted by molar-refractivity contribution is 7.89. The molecule has 2 aromatic carbocycles. The summed E-state index contributed by atoms with van der Waals surface area (Å²) in [7, 11) is -1.92. The van der Waals surface area contributed by atoms with Crippen molar-refractivity contribution in [3.8, 4) is 5.75 Å². The molecule has 1 fully saturated rings. The second kappa shape index (κ2) is 8.86. The van der Waals surface area contributed by atoms with E-state index >= 15 is 0 Å². The van der Waals surface area contributed by atoms with Crippen molar-refractivity contribution >= 4 is 21.9 Å². The molecule has 10 heteroatoms. The van der Waals surface area contributed by atoms with Crippen LogP contribution in [-0.4, -0.2) is 49.0 Å². The number of nitrogens with one attached hydrogen (secondary N) is 1. The summed E-state index contributed by atoms with van der Waals surface area (Å²) < 4.78 is 37.2. The van der Waals surface area contributed by atoms with Crippen LogP contribution in [0.2, 0.25) is 0 Å². The number of nitrogens with zero attached hydrogens (tertiary/aromatic N) is 3. The van der Waals surface area contributed by atoms with E-state index in [1.807, 2.05) is 24.3 Å². The number of sulfonamides is 1. The first-order chi connectivity index (χ1) is 15.0. The molecule has 0 bridgehead atoms. The van der Waals surface area contributed by atoms with Crippen LogP contribution < -0.4 is 10.1 Å². The Labute approximate surface area is 180 Å². The van der Waals surface area contributed by atoms with Crippen molar-refractivity contribution in [1.29, 1.82) is 0 Å². The standard InChI is InChI=1S/C21H22N4O5S/c1-29-17-8-4-15(5-9-17)14-19-23-24-21(30-19)22-20(26)16-6-10-18(11-7-16)31(27,28)25-12-2-3-13-25/h4-11H,2-3,12-14H2,1H3,(H,22,24,26). The number of methoxy groups -OCH3 is 1. The molecule has 31 heavy (non-hydrogen) atoms. The van der Waals surface area contributed by atoms with Crippen molar-refractivity contribution in [1.82, 2.24) is 14.5 Å². The van der Waals surface area contributed by atoms with Crippen LogP contribution in [0.15, 0.2) is 57.8 Å². The van der Waals surface area contributed by atoms with Gasteiger partial charge in [0.05, 0.1) is 18.4 Å². The molecular weight excluding hydrogens is 420 g/mol. The Morgan fingerprint density at radius 1 is 1.06 bits per heavy atom. The summed E-state index contributed by atoms with van der Waals surface area (Å²) in [6.07, 6.45) is 2.14. The van der Waals surface area contributed by atoms with Crippen LogP contribution in [-0.2, 0) is 16.4 Å². The quantitative estimate of drug-likeness (QED) is 0.598. The number of carbonyl (C=O) groups excluding carboxylic acids is 1. The van der Waals surface area contributed by atoms with E-state index in [0.29, 0.717) is 25.4 Å². The lowest BCUT2D eigenvalue weighted by atomic mass is 10.1. The van der Waals surface area contributed by atoms with Gasteiger partial charge in [0, 0.05) is 18.7 Å². The molecule has 1 aliphatic rings. The molecule has 0 radical (unpaired) electrons. The second-order valence-corrected chi connectivity index (χ2v) is 9.05. The Morgan fingerprint density at radius 3 is 2.39 bits per heavy atom. The number of aromatic nitrogens is 2. The van der Waals surface area contributed by atoms with E-state index in [-0.39, 0.29) is 16.5 Å². The van der Waals surface area contributed by atoms with E-state index in [4.69, 9.17) is 9.15 Å². The molecule has 0 spiro atoms. The topological polar surface area (TPSA) is 115 Å². The second-order valence-electron chi connectivity index (χ2n) is 7.12. The lowest BCUT2D eigenvalue weighted by Gasteiger charge is -2.15. The smallest absolute Gasteiger partial charge is 0.322 e. The number of amides is 1. The third-order valence-corrected chi connectivity index (χ3v) is 6.93. The third kappa shape index (κ3) is 4.75. The van der Waals surface area contributed by atoms with Gasteiger partial charge in [-0.25, -0.2) is 8.42 Å². The molecule has 0 atom stereocenters. The maximum Gasteiger partial charge on any atom is 0.322 e. The predicted octanol–water partition coefficient (Wildman–Crippen LogP) is 2.71. The van der Waals surface area contributed by atoms with Gasteiger partial charge in [0.15, 0.2) is 0 Å². The van der Waals surface area contributed by atoms with Crippen molar-refractivity contribution in [2.45, 2.75) is 24.2 Å². The van der Waals surface area contributed by atoms with Crippen LogP contribution in [0.25, 0.3) is 0 Å². The first kappa shape index (κ1) is 21.0. The molecular formula is C21H22N4O5S. The predicted molar refractivity (Wildman–Crippen MR) is 112 cm³/mol. The van der Waals surface area contributed by atoms with Crippen molar-refractivity contribution in [2.24, 2.45) is 0 Å². The molecule has 0 saturated carbocycles. The number of carbonyl (C=O) groups is 1. The van der Waals surface area contributed by atoms with Gasteiger partial charge in [-0.05, 0) is 54.8 Å². The van der Waals surface area contributed by atoms with Crippen LogP contribution >= 0.6 is 0 Å². The van der Waals surface area contributed by atoms with E-state index in [9.17, 15) is 13.2 Å². The summed E-state index contributed by atoms with van der Waals surface area (Å²) in [5.74, 6) is 0.638. The number of anilines is 1. The molecule has 0 aliphatic carbocycles. The Balaban J connectivity index is 1.39. The average Bonchev–Trinajstić information content (AvgIpc) is 3.47. The SMILES string of the molecule is COc1ccc(Cc2nnc(NC(=O)c3ccc(S(=O)(=O)N4CCCC4)cc3)o2)cc1. The molecule has 1 aliphatic heterocycles. The van der Waals surface area contributed by atoms with Gasteiger partial charge in [-0.1, -0.05) is 17.2 Å². The summed E-state index contributed by atoms with van der Waals surface area (Å²) >= 11 is 0. The fraction of sp³-hybridized carbons (Fsp3) is 0.286. The number of hydrogen-bond donors (Lipinski definition) is 1. The monoisotopic (exact) mass is 442 g/mol. The summed E-state index contributed by atoms with van der Waals surface area (Å²) in [5, 5.41) is 10.3. The molecule has 162 valence electrons. The van der Waals surface area contributed by atoms with Gasteiger partial charge >= 0.3 is 6.01 Å². The van der Waals surface area contributed by atoms with Gasteiger partial charge in [0.25, 0.3) is 5.91 Å². The number of ether oxygens (including phenoxy) is 1. The van der Waals surface area contributed by atoms with E-state index in [0.717, 1.165) is 24.2 Å². The summed E-state index contributed by atoms with van der Waals surface area (Å²) in [5.41, 5.74) is 1.24. The molecule has 0 unspecified atom stereocenters. The van der Waals surface area contributed by atoms with E-state index in [1.54, 1.807) is 7.11 Å². The fourth-order valence-corrected chi connectivity index (χ4v) is 4.84. The molecule has 9 nitrogen and oxygen atoms in total. The van der Waals surface area contributed by atoms with Gasteiger partial charge in [0.2, 0.25) is 15.9 Å². The first-order valence-corrected chi connectivity index (χ1v) is 11.3. The van der Waals surface area contributed by atoms with Gasteiger partial charge in [-0.2, -0.15) is 4.31 Å². The summed E-state index contributed by atoms with van der Waals surface area (Å²) in [4.78, 5) is 12.6. The van der Waals surface area contributed by atoms with Crippen LogP contribution in [0.4, 0.5) is 6.01 Å². The maximum atomic E-state index is 12.6. The minimum Gasteiger partial charge on any atom is -0.497 e. The molecule has 4 rings (SSSR count).